The number of carbonyl (C=O) groups is 1. The second-order valence-electron chi connectivity index (χ2n) is 5.31. The highest BCUT2D eigenvalue weighted by atomic mass is 16.3. The van der Waals surface area contributed by atoms with E-state index in [9.17, 15) is 4.79 Å². The number of aryl methyl sites for hydroxylation is 1. The lowest BCUT2D eigenvalue weighted by Gasteiger charge is -2.27. The van der Waals surface area contributed by atoms with Crippen LogP contribution in [-0.2, 0) is 0 Å². The minimum Gasteiger partial charge on any atom is -0.459 e. The van der Waals surface area contributed by atoms with E-state index in [2.05, 4.69) is 31.0 Å². The predicted octanol–water partition coefficient (Wildman–Crippen LogP) is 4.08. The van der Waals surface area contributed by atoms with Crippen LogP contribution in [0, 0.1) is 6.92 Å². The van der Waals surface area contributed by atoms with Crippen molar-refractivity contribution in [1.82, 2.24) is 0 Å². The van der Waals surface area contributed by atoms with Gasteiger partial charge in [-0.05, 0) is 58.0 Å². The molecular formula is C17H22N2O2. The van der Waals surface area contributed by atoms with Gasteiger partial charge in [0.05, 0.1) is 6.26 Å². The van der Waals surface area contributed by atoms with E-state index in [0.717, 1.165) is 23.5 Å². The average Bonchev–Trinajstić information content (AvgIpc) is 2.87. The molecule has 0 bridgehead atoms. The summed E-state index contributed by atoms with van der Waals surface area (Å²) in [5.41, 5.74) is 2.75. The molecule has 0 spiro atoms. The lowest BCUT2D eigenvalue weighted by molar-refractivity contribution is 0.0996. The number of hydrogen-bond donors (Lipinski definition) is 1. The Kier molecular flexibility index (Phi) is 4.68. The molecular weight excluding hydrogens is 264 g/mol. The Morgan fingerprint density at radius 1 is 1.24 bits per heavy atom. The Balaban J connectivity index is 2.09. The molecule has 112 valence electrons. The lowest BCUT2D eigenvalue weighted by atomic mass is 10.2. The van der Waals surface area contributed by atoms with Crippen LogP contribution in [0.1, 0.15) is 36.9 Å². The molecule has 1 amide bonds. The minimum absolute atomic E-state index is 0.221. The summed E-state index contributed by atoms with van der Waals surface area (Å²) in [4.78, 5) is 14.4. The highest BCUT2D eigenvalue weighted by Gasteiger charge is 2.13. The summed E-state index contributed by atoms with van der Waals surface area (Å²) >= 11 is 0. The predicted molar refractivity (Wildman–Crippen MR) is 86.0 cm³/mol. The Morgan fingerprint density at radius 2 is 1.90 bits per heavy atom. The molecule has 2 rings (SSSR count). The molecule has 1 aromatic carbocycles. The zero-order valence-electron chi connectivity index (χ0n) is 13.0. The second-order valence-corrected chi connectivity index (χ2v) is 5.31. The van der Waals surface area contributed by atoms with Gasteiger partial charge in [-0.1, -0.05) is 0 Å². The highest BCUT2D eigenvalue weighted by Crippen LogP contribution is 2.20. The molecule has 0 aliphatic carbocycles. The minimum atomic E-state index is -0.221. The molecule has 21 heavy (non-hydrogen) atoms. The fraction of sp³-hybridized carbons (Fsp3) is 0.353. The van der Waals surface area contributed by atoms with Gasteiger partial charge in [-0.25, -0.2) is 0 Å². The Morgan fingerprint density at radius 3 is 2.38 bits per heavy atom. The second kappa shape index (κ2) is 6.48. The molecule has 0 unspecified atom stereocenters. The number of rotatable bonds is 5. The summed E-state index contributed by atoms with van der Waals surface area (Å²) < 4.78 is 5.19. The first-order valence-electron chi connectivity index (χ1n) is 7.25. The van der Waals surface area contributed by atoms with Crippen LogP contribution in [0.2, 0.25) is 0 Å². The van der Waals surface area contributed by atoms with Crippen molar-refractivity contribution in [3.63, 3.8) is 0 Å². The summed E-state index contributed by atoms with van der Waals surface area (Å²) in [6, 6.07) is 10.1. The van der Waals surface area contributed by atoms with Gasteiger partial charge in [0.2, 0.25) is 0 Å². The number of hydrogen-bond acceptors (Lipinski definition) is 3. The van der Waals surface area contributed by atoms with E-state index in [4.69, 9.17) is 4.42 Å². The molecule has 4 heteroatoms. The van der Waals surface area contributed by atoms with Crippen molar-refractivity contribution in [3.05, 3.63) is 47.9 Å². The Bertz CT molecular complexity index is 600. The maximum Gasteiger partial charge on any atom is 0.291 e. The van der Waals surface area contributed by atoms with Gasteiger partial charge in [0.15, 0.2) is 5.76 Å². The number of carbonyl (C=O) groups excluding carboxylic acids is 1. The van der Waals surface area contributed by atoms with Crippen molar-refractivity contribution in [1.29, 1.82) is 0 Å². The first kappa shape index (κ1) is 15.2. The molecule has 1 aromatic heterocycles. The third kappa shape index (κ3) is 3.45. The van der Waals surface area contributed by atoms with Crippen LogP contribution in [0.3, 0.4) is 0 Å². The summed E-state index contributed by atoms with van der Waals surface area (Å²) in [5.74, 6) is 0.137. The summed E-state index contributed by atoms with van der Waals surface area (Å²) in [6.45, 7) is 9.27. The number of amides is 1. The largest absolute Gasteiger partial charge is 0.459 e. The summed E-state index contributed by atoms with van der Waals surface area (Å²) in [7, 11) is 0. The quantitative estimate of drug-likeness (QED) is 0.901. The van der Waals surface area contributed by atoms with E-state index in [1.807, 2.05) is 31.2 Å². The summed E-state index contributed by atoms with van der Waals surface area (Å²) in [5, 5.41) is 2.85. The van der Waals surface area contributed by atoms with Crippen LogP contribution >= 0.6 is 0 Å². The number of nitrogens with zero attached hydrogens (tertiary/aromatic N) is 1. The third-order valence-electron chi connectivity index (χ3n) is 3.49. The normalized spacial score (nSPS) is 10.7. The molecule has 2 aromatic rings. The van der Waals surface area contributed by atoms with Gasteiger partial charge in [0.1, 0.15) is 0 Å². The van der Waals surface area contributed by atoms with E-state index in [1.165, 1.54) is 6.26 Å². The number of anilines is 2. The van der Waals surface area contributed by atoms with Crippen LogP contribution in [0.25, 0.3) is 0 Å². The van der Waals surface area contributed by atoms with Crippen LogP contribution in [-0.4, -0.2) is 18.5 Å². The molecule has 4 nitrogen and oxygen atoms in total. The van der Waals surface area contributed by atoms with E-state index in [-0.39, 0.29) is 5.91 Å². The van der Waals surface area contributed by atoms with E-state index >= 15 is 0 Å². The standard InChI is InChI=1S/C17H22N2O2/c1-5-19(12(2)3)15-8-6-14(7-9-15)18-17(20)16-13(4)10-11-21-16/h6-12H,5H2,1-4H3,(H,18,20). The zero-order valence-corrected chi connectivity index (χ0v) is 13.0. The van der Waals surface area contributed by atoms with Gasteiger partial charge in [-0.15, -0.1) is 0 Å². The molecule has 0 saturated heterocycles. The number of furan rings is 1. The van der Waals surface area contributed by atoms with Crippen molar-refractivity contribution in [3.8, 4) is 0 Å². The van der Waals surface area contributed by atoms with Gasteiger partial charge in [-0.2, -0.15) is 0 Å². The van der Waals surface area contributed by atoms with Gasteiger partial charge in [0.25, 0.3) is 5.91 Å². The molecule has 0 saturated carbocycles. The molecule has 1 heterocycles. The molecule has 0 aliphatic rings. The SMILES string of the molecule is CCN(c1ccc(NC(=O)c2occc2C)cc1)C(C)C. The molecule has 0 radical (unpaired) electrons. The fourth-order valence-corrected chi connectivity index (χ4v) is 2.38. The average molecular weight is 286 g/mol. The molecule has 0 aliphatic heterocycles. The smallest absolute Gasteiger partial charge is 0.291 e. The topological polar surface area (TPSA) is 45.5 Å². The maximum atomic E-state index is 12.1. The van der Waals surface area contributed by atoms with Gasteiger partial charge in [-0.3, -0.25) is 4.79 Å². The Hall–Kier alpha value is -2.23. The fourth-order valence-electron chi connectivity index (χ4n) is 2.38. The first-order valence-corrected chi connectivity index (χ1v) is 7.25. The van der Waals surface area contributed by atoms with E-state index in [0.29, 0.717) is 11.8 Å². The van der Waals surface area contributed by atoms with Gasteiger partial charge < -0.3 is 14.6 Å². The van der Waals surface area contributed by atoms with Gasteiger partial charge >= 0.3 is 0 Å². The third-order valence-corrected chi connectivity index (χ3v) is 3.49. The number of benzene rings is 1. The van der Waals surface area contributed by atoms with Crippen molar-refractivity contribution < 1.29 is 9.21 Å². The van der Waals surface area contributed by atoms with Crippen molar-refractivity contribution in [2.75, 3.05) is 16.8 Å². The first-order chi connectivity index (χ1) is 10.0. The molecule has 0 atom stereocenters. The number of nitrogens with one attached hydrogen (secondary N) is 1. The highest BCUT2D eigenvalue weighted by molar-refractivity contribution is 6.03. The van der Waals surface area contributed by atoms with E-state index in [1.54, 1.807) is 6.07 Å². The maximum absolute atomic E-state index is 12.1. The van der Waals surface area contributed by atoms with E-state index < -0.39 is 0 Å². The molecule has 1 N–H and O–H groups in total. The van der Waals surface area contributed by atoms with Crippen LogP contribution in [0.5, 0.6) is 0 Å². The van der Waals surface area contributed by atoms with Crippen molar-refractivity contribution >= 4 is 17.3 Å². The van der Waals surface area contributed by atoms with Crippen LogP contribution in [0.15, 0.2) is 41.0 Å². The molecule has 0 fully saturated rings. The zero-order chi connectivity index (χ0) is 15.4. The summed E-state index contributed by atoms with van der Waals surface area (Å²) in [6.07, 6.45) is 1.52. The van der Waals surface area contributed by atoms with Gasteiger partial charge in [0, 0.05) is 29.5 Å². The van der Waals surface area contributed by atoms with Crippen LogP contribution in [0.4, 0.5) is 11.4 Å². The Labute approximate surface area is 125 Å². The van der Waals surface area contributed by atoms with Crippen molar-refractivity contribution in [2.24, 2.45) is 0 Å². The van der Waals surface area contributed by atoms with Crippen molar-refractivity contribution in [2.45, 2.75) is 33.7 Å². The lowest BCUT2D eigenvalue weighted by Crippen LogP contribution is -2.30. The monoisotopic (exact) mass is 286 g/mol. The van der Waals surface area contributed by atoms with Crippen LogP contribution < -0.4 is 10.2 Å².